The first-order valence-electron chi connectivity index (χ1n) is 9.10. The van der Waals surface area contributed by atoms with Crippen LogP contribution in [0.1, 0.15) is 18.2 Å². The molecule has 0 aliphatic rings. The molecule has 3 rings (SSSR count). The normalized spacial score (nSPS) is 10.6. The standard InChI is InChI=1S/C22H25N3OS/c1-4-25(15-17-10-12-20(13-11-17)24(2)3)21(26)14-19-16-27-22(23-19)18-8-6-5-7-9-18/h5-13,16H,4,14-15H2,1-3H3. The van der Waals surface area contributed by atoms with Crippen LogP contribution in [-0.2, 0) is 17.8 Å². The Morgan fingerprint density at radius 1 is 1.04 bits per heavy atom. The van der Waals surface area contributed by atoms with E-state index in [1.165, 1.54) is 0 Å². The van der Waals surface area contributed by atoms with E-state index in [1.54, 1.807) is 11.3 Å². The molecule has 0 fully saturated rings. The highest BCUT2D eigenvalue weighted by Gasteiger charge is 2.15. The quantitative estimate of drug-likeness (QED) is 0.608. The molecule has 1 amide bonds. The lowest BCUT2D eigenvalue weighted by Gasteiger charge is -2.21. The number of benzene rings is 2. The molecule has 0 N–H and O–H groups in total. The zero-order valence-corrected chi connectivity index (χ0v) is 16.9. The summed E-state index contributed by atoms with van der Waals surface area (Å²) in [6.07, 6.45) is 0.340. The highest BCUT2D eigenvalue weighted by Crippen LogP contribution is 2.24. The molecule has 1 heterocycles. The summed E-state index contributed by atoms with van der Waals surface area (Å²) in [5.41, 5.74) is 4.22. The summed E-state index contributed by atoms with van der Waals surface area (Å²) in [4.78, 5) is 21.3. The lowest BCUT2D eigenvalue weighted by atomic mass is 10.1. The fraction of sp³-hybridized carbons (Fsp3) is 0.273. The molecule has 0 radical (unpaired) electrons. The average molecular weight is 380 g/mol. The van der Waals surface area contributed by atoms with E-state index in [0.29, 0.717) is 19.5 Å². The monoisotopic (exact) mass is 379 g/mol. The van der Waals surface area contributed by atoms with Crippen LogP contribution >= 0.6 is 11.3 Å². The molecule has 1 aromatic heterocycles. The SMILES string of the molecule is CCN(Cc1ccc(N(C)C)cc1)C(=O)Cc1csc(-c2ccccc2)n1. The third-order valence-corrected chi connectivity index (χ3v) is 5.41. The molecule has 0 spiro atoms. The van der Waals surface area contributed by atoms with Gasteiger partial charge in [0.25, 0.3) is 0 Å². The number of carbonyl (C=O) groups excluding carboxylic acids is 1. The van der Waals surface area contributed by atoms with Gasteiger partial charge >= 0.3 is 0 Å². The van der Waals surface area contributed by atoms with Crippen LogP contribution in [-0.4, -0.2) is 36.4 Å². The molecule has 0 atom stereocenters. The van der Waals surface area contributed by atoms with E-state index in [0.717, 1.165) is 27.5 Å². The summed E-state index contributed by atoms with van der Waals surface area (Å²) in [6, 6.07) is 18.4. The maximum absolute atomic E-state index is 12.8. The molecular formula is C22H25N3OS. The summed E-state index contributed by atoms with van der Waals surface area (Å²) in [6.45, 7) is 3.32. The minimum absolute atomic E-state index is 0.110. The average Bonchev–Trinajstić information content (AvgIpc) is 3.15. The molecule has 0 aliphatic carbocycles. The van der Waals surface area contributed by atoms with Gasteiger partial charge in [-0.05, 0) is 24.6 Å². The Kier molecular flexibility index (Phi) is 6.24. The Morgan fingerprint density at radius 2 is 1.74 bits per heavy atom. The van der Waals surface area contributed by atoms with Gasteiger partial charge in [0.15, 0.2) is 0 Å². The molecule has 4 nitrogen and oxygen atoms in total. The second-order valence-electron chi connectivity index (χ2n) is 6.66. The van der Waals surface area contributed by atoms with Crippen molar-refractivity contribution in [1.82, 2.24) is 9.88 Å². The number of hydrogen-bond donors (Lipinski definition) is 0. The lowest BCUT2D eigenvalue weighted by molar-refractivity contribution is -0.130. The summed E-state index contributed by atoms with van der Waals surface area (Å²) < 4.78 is 0. The molecule has 0 bridgehead atoms. The first kappa shape index (κ1) is 19.1. The summed E-state index contributed by atoms with van der Waals surface area (Å²) >= 11 is 1.59. The lowest BCUT2D eigenvalue weighted by Crippen LogP contribution is -2.31. The highest BCUT2D eigenvalue weighted by atomic mass is 32.1. The Labute approximate surface area is 165 Å². The fourth-order valence-electron chi connectivity index (χ4n) is 2.86. The maximum atomic E-state index is 12.8. The van der Waals surface area contributed by atoms with Gasteiger partial charge in [-0.1, -0.05) is 42.5 Å². The van der Waals surface area contributed by atoms with Crippen molar-refractivity contribution in [3.63, 3.8) is 0 Å². The van der Waals surface area contributed by atoms with Crippen molar-refractivity contribution in [2.75, 3.05) is 25.5 Å². The molecule has 0 aliphatic heterocycles. The van der Waals surface area contributed by atoms with Gasteiger partial charge in [-0.25, -0.2) is 4.98 Å². The van der Waals surface area contributed by atoms with E-state index >= 15 is 0 Å². The predicted molar refractivity (Wildman–Crippen MR) is 113 cm³/mol. The van der Waals surface area contributed by atoms with Gasteiger partial charge in [0.05, 0.1) is 12.1 Å². The summed E-state index contributed by atoms with van der Waals surface area (Å²) in [7, 11) is 4.04. The van der Waals surface area contributed by atoms with E-state index in [1.807, 2.05) is 61.6 Å². The number of amides is 1. The molecule has 2 aromatic carbocycles. The van der Waals surface area contributed by atoms with Gasteiger partial charge in [-0.3, -0.25) is 4.79 Å². The number of carbonyl (C=O) groups is 1. The van der Waals surface area contributed by atoms with Crippen molar-refractivity contribution in [2.24, 2.45) is 0 Å². The molecule has 3 aromatic rings. The molecular weight excluding hydrogens is 354 g/mol. The third kappa shape index (κ3) is 4.95. The number of aromatic nitrogens is 1. The Bertz CT molecular complexity index is 872. The predicted octanol–water partition coefficient (Wildman–Crippen LogP) is 4.47. The fourth-order valence-corrected chi connectivity index (χ4v) is 3.69. The van der Waals surface area contributed by atoms with Crippen LogP contribution in [0.4, 0.5) is 5.69 Å². The van der Waals surface area contributed by atoms with Crippen molar-refractivity contribution < 1.29 is 4.79 Å². The zero-order chi connectivity index (χ0) is 19.2. The van der Waals surface area contributed by atoms with Crippen molar-refractivity contribution in [3.8, 4) is 10.6 Å². The van der Waals surface area contributed by atoms with E-state index in [2.05, 4.69) is 34.1 Å². The number of hydrogen-bond acceptors (Lipinski definition) is 4. The van der Waals surface area contributed by atoms with E-state index in [9.17, 15) is 4.79 Å². The topological polar surface area (TPSA) is 36.4 Å². The smallest absolute Gasteiger partial charge is 0.228 e. The van der Waals surface area contributed by atoms with E-state index in [-0.39, 0.29) is 5.91 Å². The largest absolute Gasteiger partial charge is 0.378 e. The van der Waals surface area contributed by atoms with Gasteiger partial charge in [0.1, 0.15) is 5.01 Å². The van der Waals surface area contributed by atoms with E-state index in [4.69, 9.17) is 0 Å². The number of thiazole rings is 1. The molecule has 0 unspecified atom stereocenters. The number of rotatable bonds is 7. The van der Waals surface area contributed by atoms with Gasteiger partial charge in [0.2, 0.25) is 5.91 Å². The van der Waals surface area contributed by atoms with E-state index < -0.39 is 0 Å². The van der Waals surface area contributed by atoms with Crippen LogP contribution in [0.15, 0.2) is 60.0 Å². The number of anilines is 1. The Balaban J connectivity index is 1.64. The first-order valence-corrected chi connectivity index (χ1v) is 9.98. The van der Waals surface area contributed by atoms with Gasteiger partial charge in [-0.2, -0.15) is 0 Å². The van der Waals surface area contributed by atoms with Crippen LogP contribution in [0, 0.1) is 0 Å². The van der Waals surface area contributed by atoms with Crippen LogP contribution in [0.5, 0.6) is 0 Å². The zero-order valence-electron chi connectivity index (χ0n) is 16.1. The minimum atomic E-state index is 0.110. The van der Waals surface area contributed by atoms with Gasteiger partial charge in [0, 0.05) is 43.8 Å². The van der Waals surface area contributed by atoms with Crippen LogP contribution in [0.2, 0.25) is 0 Å². The van der Waals surface area contributed by atoms with Crippen LogP contribution in [0.3, 0.4) is 0 Å². The minimum Gasteiger partial charge on any atom is -0.378 e. The maximum Gasteiger partial charge on any atom is 0.228 e. The van der Waals surface area contributed by atoms with Crippen molar-refractivity contribution in [1.29, 1.82) is 0 Å². The van der Waals surface area contributed by atoms with Crippen molar-refractivity contribution >= 4 is 22.9 Å². The molecule has 27 heavy (non-hydrogen) atoms. The van der Waals surface area contributed by atoms with Crippen molar-refractivity contribution in [3.05, 3.63) is 71.2 Å². The second kappa shape index (κ2) is 8.82. The molecule has 5 heteroatoms. The van der Waals surface area contributed by atoms with Crippen LogP contribution < -0.4 is 4.90 Å². The van der Waals surface area contributed by atoms with Gasteiger partial charge < -0.3 is 9.80 Å². The number of likely N-dealkylation sites (N-methyl/N-ethyl adjacent to an activating group) is 1. The second-order valence-corrected chi connectivity index (χ2v) is 7.51. The molecule has 140 valence electrons. The first-order chi connectivity index (χ1) is 13.1. The third-order valence-electron chi connectivity index (χ3n) is 4.47. The molecule has 0 saturated carbocycles. The summed E-state index contributed by atoms with van der Waals surface area (Å²) in [5.74, 6) is 0.110. The van der Waals surface area contributed by atoms with Crippen molar-refractivity contribution in [2.45, 2.75) is 19.9 Å². The Hall–Kier alpha value is -2.66. The van der Waals surface area contributed by atoms with Gasteiger partial charge in [-0.15, -0.1) is 11.3 Å². The van der Waals surface area contributed by atoms with Crippen LogP contribution in [0.25, 0.3) is 10.6 Å². The highest BCUT2D eigenvalue weighted by molar-refractivity contribution is 7.13. The summed E-state index contributed by atoms with van der Waals surface area (Å²) in [5, 5.41) is 2.95. The number of nitrogens with zero attached hydrogens (tertiary/aromatic N) is 3. The molecule has 0 saturated heterocycles. The Morgan fingerprint density at radius 3 is 2.37 bits per heavy atom.